The Bertz CT molecular complexity index is 618. The van der Waals surface area contributed by atoms with E-state index in [1.807, 2.05) is 18.2 Å². The molecule has 1 amide bonds. The van der Waals surface area contributed by atoms with Gasteiger partial charge in [-0.2, -0.15) is 5.10 Å². The van der Waals surface area contributed by atoms with Gasteiger partial charge in [-0.05, 0) is 37.8 Å². The molecule has 0 aliphatic heterocycles. The van der Waals surface area contributed by atoms with Gasteiger partial charge in [-0.25, -0.2) is 9.67 Å². The van der Waals surface area contributed by atoms with Crippen molar-refractivity contribution in [2.75, 3.05) is 0 Å². The van der Waals surface area contributed by atoms with Gasteiger partial charge in [-0.3, -0.25) is 4.79 Å². The minimum atomic E-state index is -1.20. The first kappa shape index (κ1) is 13.8. The number of aliphatic hydroxyl groups is 1. The average Bonchev–Trinajstić information content (AvgIpc) is 3.17. The molecular formula is C15H18N4O2. The normalized spacial score (nSPS) is 16.8. The molecule has 1 aliphatic rings. The van der Waals surface area contributed by atoms with Crippen LogP contribution in [0.1, 0.15) is 31.2 Å². The molecule has 2 aromatic rings. The SMILES string of the molecule is O=C(NCc1cccnc1-n1cccn1)C1(O)CCCC1. The van der Waals surface area contributed by atoms with Crippen molar-refractivity contribution in [2.24, 2.45) is 0 Å². The van der Waals surface area contributed by atoms with Crippen LogP contribution in [0.15, 0.2) is 36.8 Å². The molecule has 0 unspecified atom stereocenters. The highest BCUT2D eigenvalue weighted by molar-refractivity contribution is 5.85. The molecule has 1 aliphatic carbocycles. The maximum absolute atomic E-state index is 12.1. The first-order chi connectivity index (χ1) is 10.2. The van der Waals surface area contributed by atoms with Gasteiger partial charge in [-0.1, -0.05) is 6.07 Å². The highest BCUT2D eigenvalue weighted by Gasteiger charge is 2.38. The zero-order chi connectivity index (χ0) is 14.7. The van der Waals surface area contributed by atoms with E-state index in [4.69, 9.17) is 0 Å². The molecular weight excluding hydrogens is 268 g/mol. The van der Waals surface area contributed by atoms with Gasteiger partial charge in [-0.15, -0.1) is 0 Å². The molecule has 0 spiro atoms. The molecule has 6 heteroatoms. The minimum Gasteiger partial charge on any atom is -0.380 e. The third-order valence-electron chi connectivity index (χ3n) is 3.88. The number of rotatable bonds is 4. The predicted octanol–water partition coefficient (Wildman–Crippen LogP) is 1.19. The van der Waals surface area contributed by atoms with Gasteiger partial charge in [0.15, 0.2) is 5.82 Å². The van der Waals surface area contributed by atoms with Crippen molar-refractivity contribution in [3.63, 3.8) is 0 Å². The Morgan fingerprint density at radius 2 is 2.14 bits per heavy atom. The highest BCUT2D eigenvalue weighted by atomic mass is 16.3. The summed E-state index contributed by atoms with van der Waals surface area (Å²) in [7, 11) is 0. The standard InChI is InChI=1S/C15H18N4O2/c20-14(15(21)6-1-2-7-15)17-11-12-5-3-8-16-13(12)19-10-4-9-18-19/h3-5,8-10,21H,1-2,6-7,11H2,(H,17,20). The largest absolute Gasteiger partial charge is 0.380 e. The van der Waals surface area contributed by atoms with Gasteiger partial charge in [0, 0.05) is 30.7 Å². The Kier molecular flexibility index (Phi) is 3.70. The molecule has 110 valence electrons. The Morgan fingerprint density at radius 3 is 2.86 bits per heavy atom. The first-order valence-electron chi connectivity index (χ1n) is 7.14. The minimum absolute atomic E-state index is 0.296. The van der Waals surface area contributed by atoms with Gasteiger partial charge >= 0.3 is 0 Å². The first-order valence-corrected chi connectivity index (χ1v) is 7.14. The summed E-state index contributed by atoms with van der Waals surface area (Å²) in [4.78, 5) is 16.4. The van der Waals surface area contributed by atoms with Gasteiger partial charge < -0.3 is 10.4 Å². The quantitative estimate of drug-likeness (QED) is 0.884. The molecule has 0 atom stereocenters. The Morgan fingerprint density at radius 1 is 1.33 bits per heavy atom. The van der Waals surface area contributed by atoms with Crippen molar-refractivity contribution in [2.45, 2.75) is 37.8 Å². The van der Waals surface area contributed by atoms with Gasteiger partial charge in [0.2, 0.25) is 0 Å². The number of hydrogen-bond donors (Lipinski definition) is 2. The fourth-order valence-corrected chi connectivity index (χ4v) is 2.70. The number of amides is 1. The van der Waals surface area contributed by atoms with Gasteiger partial charge in [0.25, 0.3) is 5.91 Å². The van der Waals surface area contributed by atoms with Crippen LogP contribution in [0.5, 0.6) is 0 Å². The second kappa shape index (κ2) is 5.65. The van der Waals surface area contributed by atoms with Crippen molar-refractivity contribution in [1.29, 1.82) is 0 Å². The van der Waals surface area contributed by atoms with Crippen LogP contribution in [0.4, 0.5) is 0 Å². The average molecular weight is 286 g/mol. The lowest BCUT2D eigenvalue weighted by molar-refractivity contribution is -0.139. The van der Waals surface area contributed by atoms with Crippen molar-refractivity contribution in [1.82, 2.24) is 20.1 Å². The summed E-state index contributed by atoms with van der Waals surface area (Å²) in [5.41, 5.74) is -0.343. The summed E-state index contributed by atoms with van der Waals surface area (Å²) in [6, 6.07) is 5.53. The number of pyridine rings is 1. The van der Waals surface area contributed by atoms with E-state index in [2.05, 4.69) is 15.4 Å². The van der Waals surface area contributed by atoms with Crippen molar-refractivity contribution >= 4 is 5.91 Å². The van der Waals surface area contributed by atoms with E-state index in [1.165, 1.54) is 0 Å². The summed E-state index contributed by atoms with van der Waals surface area (Å²) in [6.07, 6.45) is 8.05. The lowest BCUT2D eigenvalue weighted by Gasteiger charge is -2.21. The van der Waals surface area contributed by atoms with E-state index in [9.17, 15) is 9.90 Å². The van der Waals surface area contributed by atoms with Crippen LogP contribution in [0.2, 0.25) is 0 Å². The number of carbonyl (C=O) groups excluding carboxylic acids is 1. The fourth-order valence-electron chi connectivity index (χ4n) is 2.70. The predicted molar refractivity (Wildman–Crippen MR) is 76.6 cm³/mol. The molecule has 0 bridgehead atoms. The number of aromatic nitrogens is 3. The van der Waals surface area contributed by atoms with Crippen molar-refractivity contribution in [3.8, 4) is 5.82 Å². The maximum atomic E-state index is 12.1. The molecule has 3 rings (SSSR count). The van der Waals surface area contributed by atoms with E-state index < -0.39 is 5.60 Å². The van der Waals surface area contributed by atoms with E-state index in [0.29, 0.717) is 25.2 Å². The number of hydrogen-bond acceptors (Lipinski definition) is 4. The van der Waals surface area contributed by atoms with E-state index in [0.717, 1.165) is 18.4 Å². The van der Waals surface area contributed by atoms with Crippen LogP contribution in [-0.4, -0.2) is 31.4 Å². The molecule has 0 aromatic carbocycles. The van der Waals surface area contributed by atoms with Gasteiger partial charge in [0.05, 0.1) is 0 Å². The summed E-state index contributed by atoms with van der Waals surface area (Å²) in [5.74, 6) is 0.386. The molecule has 6 nitrogen and oxygen atoms in total. The molecule has 0 saturated heterocycles. The summed E-state index contributed by atoms with van der Waals surface area (Å²) in [5, 5.41) is 17.2. The summed E-state index contributed by atoms with van der Waals surface area (Å²) < 4.78 is 1.66. The number of nitrogens with zero attached hydrogens (tertiary/aromatic N) is 3. The second-order valence-corrected chi connectivity index (χ2v) is 5.36. The molecule has 1 saturated carbocycles. The molecule has 2 N–H and O–H groups in total. The lowest BCUT2D eigenvalue weighted by atomic mass is 10.0. The second-order valence-electron chi connectivity index (χ2n) is 5.36. The molecule has 2 aromatic heterocycles. The Balaban J connectivity index is 1.73. The molecule has 21 heavy (non-hydrogen) atoms. The van der Waals surface area contributed by atoms with E-state index in [1.54, 1.807) is 23.3 Å². The van der Waals surface area contributed by atoms with E-state index >= 15 is 0 Å². The molecule has 1 fully saturated rings. The smallest absolute Gasteiger partial charge is 0.252 e. The van der Waals surface area contributed by atoms with Gasteiger partial charge in [0.1, 0.15) is 5.60 Å². The maximum Gasteiger partial charge on any atom is 0.252 e. The fraction of sp³-hybridized carbons (Fsp3) is 0.400. The molecule has 2 heterocycles. The topological polar surface area (TPSA) is 80.0 Å². The lowest BCUT2D eigenvalue weighted by Crippen LogP contribution is -2.44. The van der Waals surface area contributed by atoms with Crippen LogP contribution in [0.25, 0.3) is 5.82 Å². The number of nitrogens with one attached hydrogen (secondary N) is 1. The van der Waals surface area contributed by atoms with Crippen LogP contribution in [0, 0.1) is 0 Å². The Labute approximate surface area is 122 Å². The van der Waals surface area contributed by atoms with E-state index in [-0.39, 0.29) is 5.91 Å². The summed E-state index contributed by atoms with van der Waals surface area (Å²) >= 11 is 0. The highest BCUT2D eigenvalue weighted by Crippen LogP contribution is 2.29. The van der Waals surface area contributed by atoms with Crippen molar-refractivity contribution in [3.05, 3.63) is 42.4 Å². The monoisotopic (exact) mass is 286 g/mol. The zero-order valence-electron chi connectivity index (χ0n) is 11.7. The summed E-state index contributed by atoms with van der Waals surface area (Å²) in [6.45, 7) is 0.324. The third-order valence-corrected chi connectivity index (χ3v) is 3.88. The number of carbonyl (C=O) groups is 1. The third kappa shape index (κ3) is 2.80. The van der Waals surface area contributed by atoms with Crippen molar-refractivity contribution < 1.29 is 9.90 Å². The Hall–Kier alpha value is -2.21. The van der Waals surface area contributed by atoms with Crippen LogP contribution >= 0.6 is 0 Å². The van der Waals surface area contributed by atoms with Crippen LogP contribution < -0.4 is 5.32 Å². The molecule has 0 radical (unpaired) electrons. The zero-order valence-corrected chi connectivity index (χ0v) is 11.7. The van der Waals surface area contributed by atoms with Crippen LogP contribution in [-0.2, 0) is 11.3 Å². The van der Waals surface area contributed by atoms with Crippen LogP contribution in [0.3, 0.4) is 0 Å².